The van der Waals surface area contributed by atoms with Gasteiger partial charge in [0.05, 0.1) is 17.2 Å². The lowest BCUT2D eigenvalue weighted by atomic mass is 10.3. The second kappa shape index (κ2) is 8.12. The van der Waals surface area contributed by atoms with E-state index in [2.05, 4.69) is 25.9 Å². The molecule has 6 nitrogen and oxygen atoms in total. The molecule has 1 aliphatic rings. The van der Waals surface area contributed by atoms with Crippen LogP contribution in [0.15, 0.2) is 4.99 Å². The third-order valence-electron chi connectivity index (χ3n) is 3.46. The average Bonchev–Trinajstić information content (AvgIpc) is 3.22. The number of hydrogen-bond donors (Lipinski definition) is 3. The van der Waals surface area contributed by atoms with Crippen molar-refractivity contribution in [1.29, 1.82) is 0 Å². The summed E-state index contributed by atoms with van der Waals surface area (Å²) in [6, 6.07) is 0.445. The number of aliphatic imine (C=N–C) groups is 1. The molecular weight excluding hydrogens is 298 g/mol. The molecular formula is C15H25N5OS. The number of carbonyl (C=O) groups is 1. The van der Waals surface area contributed by atoms with Gasteiger partial charge in [-0.2, -0.15) is 0 Å². The number of guanidine groups is 1. The number of hydrogen-bond acceptors (Lipinski definition) is 4. The van der Waals surface area contributed by atoms with Crippen LogP contribution in [0, 0.1) is 13.8 Å². The molecule has 122 valence electrons. The van der Waals surface area contributed by atoms with Crippen LogP contribution in [-0.2, 0) is 11.3 Å². The van der Waals surface area contributed by atoms with Gasteiger partial charge in [-0.1, -0.05) is 0 Å². The van der Waals surface area contributed by atoms with E-state index in [1.165, 1.54) is 4.88 Å². The third kappa shape index (κ3) is 5.63. The number of rotatable bonds is 7. The maximum atomic E-state index is 11.6. The lowest BCUT2D eigenvalue weighted by Gasteiger charge is -2.11. The molecule has 0 aliphatic heterocycles. The molecule has 0 atom stereocenters. The van der Waals surface area contributed by atoms with Crippen molar-refractivity contribution in [2.45, 2.75) is 52.1 Å². The zero-order chi connectivity index (χ0) is 15.9. The normalized spacial score (nSPS) is 14.8. The Morgan fingerprint density at radius 1 is 1.36 bits per heavy atom. The third-order valence-corrected chi connectivity index (χ3v) is 4.53. The minimum Gasteiger partial charge on any atom is -0.356 e. The van der Waals surface area contributed by atoms with Crippen LogP contribution in [0.3, 0.4) is 0 Å². The molecule has 1 aliphatic carbocycles. The highest BCUT2D eigenvalue weighted by atomic mass is 32.1. The largest absolute Gasteiger partial charge is 0.356 e. The van der Waals surface area contributed by atoms with Crippen molar-refractivity contribution in [2.24, 2.45) is 4.99 Å². The van der Waals surface area contributed by atoms with E-state index < -0.39 is 0 Å². The van der Waals surface area contributed by atoms with E-state index in [-0.39, 0.29) is 5.91 Å². The fourth-order valence-corrected chi connectivity index (χ4v) is 2.98. The molecule has 1 aromatic heterocycles. The first-order chi connectivity index (χ1) is 10.6. The van der Waals surface area contributed by atoms with Crippen molar-refractivity contribution in [3.8, 4) is 0 Å². The average molecular weight is 323 g/mol. The predicted molar refractivity (Wildman–Crippen MR) is 90.2 cm³/mol. The van der Waals surface area contributed by atoms with E-state index in [4.69, 9.17) is 0 Å². The van der Waals surface area contributed by atoms with Gasteiger partial charge < -0.3 is 16.0 Å². The lowest BCUT2D eigenvalue weighted by Crippen LogP contribution is -2.37. The number of nitrogens with zero attached hydrogens (tertiary/aromatic N) is 2. The van der Waals surface area contributed by atoms with Gasteiger partial charge in [0, 0.05) is 30.9 Å². The molecule has 1 amide bonds. The monoisotopic (exact) mass is 323 g/mol. The van der Waals surface area contributed by atoms with Crippen molar-refractivity contribution < 1.29 is 4.79 Å². The first-order valence-corrected chi connectivity index (χ1v) is 8.57. The SMILES string of the molecule is CN=C(NCCCC(=O)NC1CC1)NCc1sc(C)nc1C. The van der Waals surface area contributed by atoms with Gasteiger partial charge in [0.15, 0.2) is 5.96 Å². The summed E-state index contributed by atoms with van der Waals surface area (Å²) < 4.78 is 0. The van der Waals surface area contributed by atoms with Crippen LogP contribution in [0.5, 0.6) is 0 Å². The molecule has 0 spiro atoms. The first-order valence-electron chi connectivity index (χ1n) is 7.75. The molecule has 3 N–H and O–H groups in total. The van der Waals surface area contributed by atoms with E-state index in [0.717, 1.165) is 49.0 Å². The number of nitrogens with one attached hydrogen (secondary N) is 3. The van der Waals surface area contributed by atoms with Crippen LogP contribution in [0.4, 0.5) is 0 Å². The highest BCUT2D eigenvalue weighted by Gasteiger charge is 2.22. The van der Waals surface area contributed by atoms with E-state index in [1.54, 1.807) is 18.4 Å². The summed E-state index contributed by atoms with van der Waals surface area (Å²) in [6.07, 6.45) is 3.64. The van der Waals surface area contributed by atoms with Crippen molar-refractivity contribution in [1.82, 2.24) is 20.9 Å². The standard InChI is InChI=1S/C15H25N5OS/c1-10-13(22-11(2)19-10)9-18-15(16-3)17-8-4-5-14(21)20-12-6-7-12/h12H,4-9H2,1-3H3,(H,20,21)(H2,16,17,18). The highest BCUT2D eigenvalue weighted by Crippen LogP contribution is 2.18. The van der Waals surface area contributed by atoms with Crippen molar-refractivity contribution in [3.63, 3.8) is 0 Å². The van der Waals surface area contributed by atoms with Gasteiger partial charge in [-0.15, -0.1) is 11.3 Å². The number of thiazole rings is 1. The number of carbonyl (C=O) groups excluding carboxylic acids is 1. The number of aromatic nitrogens is 1. The zero-order valence-corrected chi connectivity index (χ0v) is 14.3. The summed E-state index contributed by atoms with van der Waals surface area (Å²) in [7, 11) is 1.75. The van der Waals surface area contributed by atoms with Gasteiger partial charge in [-0.05, 0) is 33.1 Å². The first kappa shape index (κ1) is 16.7. The van der Waals surface area contributed by atoms with Crippen molar-refractivity contribution >= 4 is 23.2 Å². The Kier molecular flexibility index (Phi) is 6.18. The molecule has 1 fully saturated rings. The van der Waals surface area contributed by atoms with E-state index in [1.807, 2.05) is 13.8 Å². The Bertz CT molecular complexity index is 536. The van der Waals surface area contributed by atoms with Crippen LogP contribution in [-0.4, -0.2) is 36.5 Å². The Morgan fingerprint density at radius 3 is 2.73 bits per heavy atom. The summed E-state index contributed by atoms with van der Waals surface area (Å²) in [6.45, 7) is 5.49. The molecule has 1 saturated carbocycles. The molecule has 1 aromatic rings. The highest BCUT2D eigenvalue weighted by molar-refractivity contribution is 7.11. The summed E-state index contributed by atoms with van der Waals surface area (Å²) in [5.41, 5.74) is 1.07. The fourth-order valence-electron chi connectivity index (χ4n) is 2.11. The Labute approximate surface area is 135 Å². The van der Waals surface area contributed by atoms with Crippen LogP contribution < -0.4 is 16.0 Å². The zero-order valence-electron chi connectivity index (χ0n) is 13.5. The second-order valence-electron chi connectivity index (χ2n) is 5.54. The van der Waals surface area contributed by atoms with Crippen LogP contribution in [0.25, 0.3) is 0 Å². The smallest absolute Gasteiger partial charge is 0.220 e. The quantitative estimate of drug-likeness (QED) is 0.403. The fraction of sp³-hybridized carbons (Fsp3) is 0.667. The molecule has 2 rings (SSSR count). The minimum absolute atomic E-state index is 0.156. The van der Waals surface area contributed by atoms with Gasteiger partial charge >= 0.3 is 0 Å². The summed E-state index contributed by atoms with van der Waals surface area (Å²) in [5, 5.41) is 10.6. The summed E-state index contributed by atoms with van der Waals surface area (Å²) >= 11 is 1.70. The second-order valence-corrected chi connectivity index (χ2v) is 6.83. The minimum atomic E-state index is 0.156. The van der Waals surface area contributed by atoms with Crippen molar-refractivity contribution in [2.75, 3.05) is 13.6 Å². The maximum absolute atomic E-state index is 11.6. The summed E-state index contributed by atoms with van der Waals surface area (Å²) in [5.74, 6) is 0.913. The molecule has 7 heteroatoms. The molecule has 0 bridgehead atoms. The lowest BCUT2D eigenvalue weighted by molar-refractivity contribution is -0.121. The Hall–Kier alpha value is -1.63. The van der Waals surface area contributed by atoms with Crippen LogP contribution >= 0.6 is 11.3 Å². The van der Waals surface area contributed by atoms with Crippen LogP contribution in [0.2, 0.25) is 0 Å². The molecule has 22 heavy (non-hydrogen) atoms. The Morgan fingerprint density at radius 2 is 2.14 bits per heavy atom. The molecule has 0 radical (unpaired) electrons. The predicted octanol–water partition coefficient (Wildman–Crippen LogP) is 1.48. The number of amides is 1. The van der Waals surface area contributed by atoms with Crippen molar-refractivity contribution in [3.05, 3.63) is 15.6 Å². The molecule has 1 heterocycles. The van der Waals surface area contributed by atoms with E-state index in [9.17, 15) is 4.79 Å². The Balaban J connectivity index is 1.62. The van der Waals surface area contributed by atoms with Gasteiger partial charge in [0.2, 0.25) is 5.91 Å². The topological polar surface area (TPSA) is 78.4 Å². The van der Waals surface area contributed by atoms with Gasteiger partial charge in [0.1, 0.15) is 0 Å². The van der Waals surface area contributed by atoms with Gasteiger partial charge in [0.25, 0.3) is 0 Å². The molecule has 0 unspecified atom stereocenters. The van der Waals surface area contributed by atoms with Crippen LogP contribution in [0.1, 0.15) is 41.3 Å². The van der Waals surface area contributed by atoms with Gasteiger partial charge in [-0.25, -0.2) is 4.98 Å². The molecule has 0 aromatic carbocycles. The van der Waals surface area contributed by atoms with E-state index in [0.29, 0.717) is 12.5 Å². The van der Waals surface area contributed by atoms with E-state index >= 15 is 0 Å². The molecule has 0 saturated heterocycles. The maximum Gasteiger partial charge on any atom is 0.220 e. The number of aryl methyl sites for hydroxylation is 2. The van der Waals surface area contributed by atoms with Gasteiger partial charge in [-0.3, -0.25) is 9.79 Å². The summed E-state index contributed by atoms with van der Waals surface area (Å²) in [4.78, 5) is 21.4.